The van der Waals surface area contributed by atoms with Crippen LogP contribution in [0.2, 0.25) is 0 Å². The first-order valence-electron chi connectivity index (χ1n) is 5.48. The fourth-order valence-electron chi connectivity index (χ4n) is 1.56. The Labute approximate surface area is 105 Å². The van der Waals surface area contributed by atoms with E-state index in [0.717, 1.165) is 11.3 Å². The Balaban J connectivity index is 2.24. The maximum absolute atomic E-state index is 11.6. The van der Waals surface area contributed by atoms with Crippen molar-refractivity contribution in [2.45, 2.75) is 6.54 Å². The lowest BCUT2D eigenvalue weighted by Crippen LogP contribution is -2.22. The molecule has 0 aliphatic carbocycles. The highest BCUT2D eigenvalue weighted by atomic mass is 16.5. The van der Waals surface area contributed by atoms with Crippen molar-refractivity contribution in [3.05, 3.63) is 52.3 Å². The SMILES string of the molecule is COc1ccc(Cn2nc(OC)ccc2=O)cc1. The van der Waals surface area contributed by atoms with Gasteiger partial charge in [-0.25, -0.2) is 4.68 Å². The quantitative estimate of drug-likeness (QED) is 0.816. The molecule has 1 aromatic heterocycles. The number of methoxy groups -OCH3 is 2. The van der Waals surface area contributed by atoms with Gasteiger partial charge in [-0.05, 0) is 17.7 Å². The molecule has 0 fully saturated rings. The van der Waals surface area contributed by atoms with Crippen molar-refractivity contribution in [1.29, 1.82) is 0 Å². The standard InChI is InChI=1S/C13H14N2O3/c1-17-11-5-3-10(4-6-11)9-15-13(16)8-7-12(14-15)18-2/h3-8H,9H2,1-2H3. The van der Waals surface area contributed by atoms with E-state index in [1.807, 2.05) is 24.3 Å². The average molecular weight is 246 g/mol. The van der Waals surface area contributed by atoms with E-state index in [1.165, 1.54) is 17.9 Å². The lowest BCUT2D eigenvalue weighted by Gasteiger charge is -2.07. The largest absolute Gasteiger partial charge is 0.497 e. The Morgan fingerprint density at radius 3 is 2.39 bits per heavy atom. The van der Waals surface area contributed by atoms with Crippen molar-refractivity contribution < 1.29 is 9.47 Å². The molecule has 0 unspecified atom stereocenters. The van der Waals surface area contributed by atoms with Gasteiger partial charge in [-0.1, -0.05) is 12.1 Å². The number of ether oxygens (including phenoxy) is 2. The van der Waals surface area contributed by atoms with E-state index in [-0.39, 0.29) is 5.56 Å². The van der Waals surface area contributed by atoms with Crippen LogP contribution in [0.5, 0.6) is 11.6 Å². The minimum absolute atomic E-state index is 0.161. The molecule has 2 rings (SSSR count). The molecule has 0 radical (unpaired) electrons. The van der Waals surface area contributed by atoms with Crippen molar-refractivity contribution in [3.63, 3.8) is 0 Å². The highest BCUT2D eigenvalue weighted by molar-refractivity contribution is 5.27. The third-order valence-corrected chi connectivity index (χ3v) is 2.54. The van der Waals surface area contributed by atoms with E-state index in [1.54, 1.807) is 13.2 Å². The Bertz CT molecular complexity index is 576. The van der Waals surface area contributed by atoms with Crippen LogP contribution in [-0.4, -0.2) is 24.0 Å². The number of rotatable bonds is 4. The second-order valence-corrected chi connectivity index (χ2v) is 3.72. The molecule has 0 atom stereocenters. The van der Waals surface area contributed by atoms with Gasteiger partial charge in [0.15, 0.2) is 0 Å². The molecule has 0 saturated heterocycles. The minimum Gasteiger partial charge on any atom is -0.497 e. The lowest BCUT2D eigenvalue weighted by atomic mass is 10.2. The first-order valence-corrected chi connectivity index (χ1v) is 5.48. The molecule has 0 spiro atoms. The molecule has 0 amide bonds. The second kappa shape index (κ2) is 5.35. The molecule has 1 aromatic carbocycles. The van der Waals surface area contributed by atoms with Crippen molar-refractivity contribution in [2.75, 3.05) is 14.2 Å². The molecular formula is C13H14N2O3. The molecule has 0 N–H and O–H groups in total. The third kappa shape index (κ3) is 2.68. The van der Waals surface area contributed by atoms with Crippen LogP contribution in [0.15, 0.2) is 41.2 Å². The third-order valence-electron chi connectivity index (χ3n) is 2.54. The molecule has 5 heteroatoms. The van der Waals surface area contributed by atoms with Crippen LogP contribution in [0.25, 0.3) is 0 Å². The molecule has 94 valence electrons. The van der Waals surface area contributed by atoms with Gasteiger partial charge in [0.1, 0.15) is 5.75 Å². The lowest BCUT2D eigenvalue weighted by molar-refractivity contribution is 0.378. The van der Waals surface area contributed by atoms with Crippen molar-refractivity contribution in [2.24, 2.45) is 0 Å². The maximum atomic E-state index is 11.6. The van der Waals surface area contributed by atoms with Crippen molar-refractivity contribution in [3.8, 4) is 11.6 Å². The summed E-state index contributed by atoms with van der Waals surface area (Å²) in [6, 6.07) is 10.5. The number of aromatic nitrogens is 2. The van der Waals surface area contributed by atoms with Gasteiger partial charge in [0.05, 0.1) is 20.8 Å². The summed E-state index contributed by atoms with van der Waals surface area (Å²) in [7, 11) is 3.13. The smallest absolute Gasteiger partial charge is 0.267 e. The fourth-order valence-corrected chi connectivity index (χ4v) is 1.56. The van der Waals surface area contributed by atoms with Crippen molar-refractivity contribution >= 4 is 0 Å². The van der Waals surface area contributed by atoms with E-state index in [2.05, 4.69) is 5.10 Å². The highest BCUT2D eigenvalue weighted by Gasteiger charge is 2.02. The van der Waals surface area contributed by atoms with Gasteiger partial charge >= 0.3 is 0 Å². The van der Waals surface area contributed by atoms with Gasteiger partial charge in [-0.2, -0.15) is 0 Å². The van der Waals surface area contributed by atoms with Gasteiger partial charge in [-0.15, -0.1) is 5.10 Å². The van der Waals surface area contributed by atoms with E-state index in [0.29, 0.717) is 12.4 Å². The maximum Gasteiger partial charge on any atom is 0.267 e. The molecule has 0 saturated carbocycles. The predicted molar refractivity (Wildman–Crippen MR) is 67.1 cm³/mol. The Kier molecular flexibility index (Phi) is 3.62. The molecule has 2 aromatic rings. The topological polar surface area (TPSA) is 53.4 Å². The van der Waals surface area contributed by atoms with Crippen LogP contribution in [-0.2, 0) is 6.54 Å². The number of benzene rings is 1. The zero-order chi connectivity index (χ0) is 13.0. The molecule has 0 aliphatic rings. The molecular weight excluding hydrogens is 232 g/mol. The fraction of sp³-hybridized carbons (Fsp3) is 0.231. The number of hydrogen-bond acceptors (Lipinski definition) is 4. The summed E-state index contributed by atoms with van der Waals surface area (Å²) in [5.41, 5.74) is 0.810. The van der Waals surface area contributed by atoms with E-state index < -0.39 is 0 Å². The van der Waals surface area contributed by atoms with Crippen molar-refractivity contribution in [1.82, 2.24) is 9.78 Å². The van der Waals surface area contributed by atoms with Crippen LogP contribution in [0.4, 0.5) is 0 Å². The summed E-state index contributed by atoms with van der Waals surface area (Å²) in [6.07, 6.45) is 0. The van der Waals surface area contributed by atoms with Gasteiger partial charge in [0, 0.05) is 12.1 Å². The van der Waals surface area contributed by atoms with Crippen LogP contribution < -0.4 is 15.0 Å². The zero-order valence-electron chi connectivity index (χ0n) is 10.3. The second-order valence-electron chi connectivity index (χ2n) is 3.72. The molecule has 18 heavy (non-hydrogen) atoms. The monoisotopic (exact) mass is 246 g/mol. The average Bonchev–Trinajstić information content (AvgIpc) is 2.42. The summed E-state index contributed by atoms with van der Waals surface area (Å²) >= 11 is 0. The Morgan fingerprint density at radius 2 is 1.78 bits per heavy atom. The zero-order valence-corrected chi connectivity index (χ0v) is 10.3. The summed E-state index contributed by atoms with van der Waals surface area (Å²) in [4.78, 5) is 11.6. The predicted octanol–water partition coefficient (Wildman–Crippen LogP) is 1.31. The van der Waals surface area contributed by atoms with Gasteiger partial charge in [-0.3, -0.25) is 4.79 Å². The molecule has 0 bridgehead atoms. The first kappa shape index (κ1) is 12.2. The van der Waals surface area contributed by atoms with E-state index >= 15 is 0 Å². The minimum atomic E-state index is -0.161. The summed E-state index contributed by atoms with van der Waals surface area (Å²) < 4.78 is 11.4. The number of hydrogen-bond donors (Lipinski definition) is 0. The highest BCUT2D eigenvalue weighted by Crippen LogP contribution is 2.11. The van der Waals surface area contributed by atoms with E-state index in [9.17, 15) is 4.79 Å². The van der Waals surface area contributed by atoms with Gasteiger partial charge in [0.25, 0.3) is 5.56 Å². The Hall–Kier alpha value is -2.30. The van der Waals surface area contributed by atoms with Gasteiger partial charge in [0.2, 0.25) is 5.88 Å². The summed E-state index contributed by atoms with van der Waals surface area (Å²) in [6.45, 7) is 0.403. The van der Waals surface area contributed by atoms with Crippen LogP contribution in [0, 0.1) is 0 Å². The van der Waals surface area contributed by atoms with Crippen LogP contribution in [0.3, 0.4) is 0 Å². The summed E-state index contributed by atoms with van der Waals surface area (Å²) in [5.74, 6) is 1.20. The first-order chi connectivity index (χ1) is 8.72. The molecule has 0 aliphatic heterocycles. The van der Waals surface area contributed by atoms with Gasteiger partial charge < -0.3 is 9.47 Å². The number of nitrogens with zero attached hydrogens (tertiary/aromatic N) is 2. The molecule has 5 nitrogen and oxygen atoms in total. The Morgan fingerprint density at radius 1 is 1.06 bits per heavy atom. The van der Waals surface area contributed by atoms with Crippen LogP contribution >= 0.6 is 0 Å². The summed E-state index contributed by atoms with van der Waals surface area (Å²) in [5, 5.41) is 4.08. The van der Waals surface area contributed by atoms with Crippen LogP contribution in [0.1, 0.15) is 5.56 Å². The van der Waals surface area contributed by atoms with E-state index in [4.69, 9.17) is 9.47 Å². The molecule has 1 heterocycles. The normalized spacial score (nSPS) is 10.1.